The Morgan fingerprint density at radius 1 is 1.33 bits per heavy atom. The lowest BCUT2D eigenvalue weighted by Crippen LogP contribution is -2.38. The lowest BCUT2D eigenvalue weighted by atomic mass is 10.3. The maximum atomic E-state index is 11.2. The normalized spacial score (nSPS) is 9.89. The molecular weight excluding hydrogens is 256 g/mol. The van der Waals surface area contributed by atoms with Crippen LogP contribution < -0.4 is 15.4 Å². The van der Waals surface area contributed by atoms with Gasteiger partial charge in [0, 0.05) is 18.2 Å². The predicted molar refractivity (Wildman–Crippen MR) is 70.1 cm³/mol. The average Bonchev–Trinajstić information content (AvgIpc) is 2.35. The predicted octanol–water partition coefficient (Wildman–Crippen LogP) is 1.40. The highest BCUT2D eigenvalue weighted by molar-refractivity contribution is 6.30. The van der Waals surface area contributed by atoms with Crippen LogP contribution in [0.1, 0.15) is 6.42 Å². The van der Waals surface area contributed by atoms with Crippen LogP contribution in [0.5, 0.6) is 5.75 Å². The molecule has 6 heteroatoms. The van der Waals surface area contributed by atoms with E-state index in [1.807, 2.05) is 0 Å². The smallest absolute Gasteiger partial charge is 0.314 e. The number of rotatable bonds is 7. The molecule has 0 aromatic heterocycles. The number of hydrogen-bond acceptors (Lipinski definition) is 3. The number of amides is 2. The molecule has 0 atom stereocenters. The van der Waals surface area contributed by atoms with E-state index in [-0.39, 0.29) is 12.6 Å². The number of urea groups is 1. The van der Waals surface area contributed by atoms with Crippen molar-refractivity contribution in [3.8, 4) is 5.75 Å². The van der Waals surface area contributed by atoms with Gasteiger partial charge in [-0.25, -0.2) is 4.79 Å². The topological polar surface area (TPSA) is 70.6 Å². The molecule has 0 aliphatic rings. The fourth-order valence-electron chi connectivity index (χ4n) is 1.23. The third-order valence-corrected chi connectivity index (χ3v) is 2.31. The SMILES string of the molecule is O=C(NCCCO)NCCOc1cccc(Cl)c1. The number of carbonyl (C=O) groups is 1. The van der Waals surface area contributed by atoms with Crippen LogP contribution in [0.4, 0.5) is 4.79 Å². The van der Waals surface area contributed by atoms with E-state index in [0.717, 1.165) is 0 Å². The van der Waals surface area contributed by atoms with Crippen molar-refractivity contribution in [2.75, 3.05) is 26.3 Å². The van der Waals surface area contributed by atoms with Gasteiger partial charge in [-0.15, -0.1) is 0 Å². The molecule has 0 unspecified atom stereocenters. The van der Waals surface area contributed by atoms with Gasteiger partial charge < -0.3 is 20.5 Å². The first-order valence-electron chi connectivity index (χ1n) is 5.73. The van der Waals surface area contributed by atoms with Crippen molar-refractivity contribution in [3.63, 3.8) is 0 Å². The maximum Gasteiger partial charge on any atom is 0.314 e. The molecule has 1 aromatic carbocycles. The van der Waals surface area contributed by atoms with Crippen LogP contribution in [-0.4, -0.2) is 37.4 Å². The largest absolute Gasteiger partial charge is 0.492 e. The van der Waals surface area contributed by atoms with Gasteiger partial charge in [-0.2, -0.15) is 0 Å². The van der Waals surface area contributed by atoms with Gasteiger partial charge in [0.25, 0.3) is 0 Å². The average molecular weight is 273 g/mol. The minimum Gasteiger partial charge on any atom is -0.492 e. The lowest BCUT2D eigenvalue weighted by molar-refractivity contribution is 0.234. The fraction of sp³-hybridized carbons (Fsp3) is 0.417. The Morgan fingerprint density at radius 3 is 2.83 bits per heavy atom. The van der Waals surface area contributed by atoms with Crippen molar-refractivity contribution >= 4 is 17.6 Å². The van der Waals surface area contributed by atoms with Gasteiger partial charge in [-0.05, 0) is 24.6 Å². The van der Waals surface area contributed by atoms with Crippen molar-refractivity contribution in [1.29, 1.82) is 0 Å². The number of aliphatic hydroxyl groups excluding tert-OH is 1. The van der Waals surface area contributed by atoms with E-state index in [2.05, 4.69) is 10.6 Å². The molecule has 100 valence electrons. The molecule has 1 rings (SSSR count). The summed E-state index contributed by atoms with van der Waals surface area (Å²) in [5.41, 5.74) is 0. The van der Waals surface area contributed by atoms with Crippen LogP contribution in [0.2, 0.25) is 5.02 Å². The first-order chi connectivity index (χ1) is 8.72. The molecule has 0 spiro atoms. The summed E-state index contributed by atoms with van der Waals surface area (Å²) in [6.45, 7) is 1.29. The molecule has 0 heterocycles. The molecule has 0 fully saturated rings. The van der Waals surface area contributed by atoms with Crippen molar-refractivity contribution in [2.24, 2.45) is 0 Å². The van der Waals surface area contributed by atoms with E-state index in [1.54, 1.807) is 24.3 Å². The summed E-state index contributed by atoms with van der Waals surface area (Å²) in [7, 11) is 0. The van der Waals surface area contributed by atoms with Crippen LogP contribution >= 0.6 is 11.6 Å². The summed E-state index contributed by atoms with van der Waals surface area (Å²) < 4.78 is 5.40. The molecule has 0 aliphatic heterocycles. The van der Waals surface area contributed by atoms with Gasteiger partial charge in [0.15, 0.2) is 0 Å². The molecule has 2 amide bonds. The number of carbonyl (C=O) groups excluding carboxylic acids is 1. The van der Waals surface area contributed by atoms with Gasteiger partial charge in [0.2, 0.25) is 0 Å². The first-order valence-corrected chi connectivity index (χ1v) is 6.11. The molecule has 0 bridgehead atoms. The molecule has 1 aromatic rings. The highest BCUT2D eigenvalue weighted by Crippen LogP contribution is 2.16. The van der Waals surface area contributed by atoms with E-state index in [9.17, 15) is 4.79 Å². The number of ether oxygens (including phenoxy) is 1. The fourth-order valence-corrected chi connectivity index (χ4v) is 1.41. The monoisotopic (exact) mass is 272 g/mol. The molecule has 0 saturated carbocycles. The summed E-state index contributed by atoms with van der Waals surface area (Å²) >= 11 is 5.80. The Bertz CT molecular complexity index is 374. The second-order valence-electron chi connectivity index (χ2n) is 3.57. The third-order valence-electron chi connectivity index (χ3n) is 2.07. The summed E-state index contributed by atoms with van der Waals surface area (Å²) in [5, 5.41) is 14.4. The number of aliphatic hydroxyl groups is 1. The van der Waals surface area contributed by atoms with Crippen LogP contribution in [-0.2, 0) is 0 Å². The summed E-state index contributed by atoms with van der Waals surface area (Å²) in [6.07, 6.45) is 0.548. The van der Waals surface area contributed by atoms with Crippen molar-refractivity contribution in [1.82, 2.24) is 10.6 Å². The molecule has 18 heavy (non-hydrogen) atoms. The van der Waals surface area contributed by atoms with Crippen LogP contribution in [0.25, 0.3) is 0 Å². The third kappa shape index (κ3) is 6.32. The van der Waals surface area contributed by atoms with Gasteiger partial charge in [0.05, 0.1) is 6.54 Å². The van der Waals surface area contributed by atoms with E-state index in [0.29, 0.717) is 36.9 Å². The Balaban J connectivity index is 2.09. The number of halogens is 1. The molecule has 5 nitrogen and oxygen atoms in total. The maximum absolute atomic E-state index is 11.2. The van der Waals surface area contributed by atoms with E-state index >= 15 is 0 Å². The van der Waals surface area contributed by atoms with Crippen molar-refractivity contribution < 1.29 is 14.6 Å². The first kappa shape index (κ1) is 14.6. The molecular formula is C12H17ClN2O3. The number of benzene rings is 1. The molecule has 0 saturated heterocycles. The summed E-state index contributed by atoms with van der Waals surface area (Å²) in [4.78, 5) is 11.2. The molecule has 0 radical (unpaired) electrons. The van der Waals surface area contributed by atoms with E-state index in [4.69, 9.17) is 21.4 Å². The summed E-state index contributed by atoms with van der Waals surface area (Å²) in [6, 6.07) is 6.81. The number of hydrogen-bond donors (Lipinski definition) is 3. The highest BCUT2D eigenvalue weighted by atomic mass is 35.5. The van der Waals surface area contributed by atoms with Gasteiger partial charge in [-0.3, -0.25) is 0 Å². The highest BCUT2D eigenvalue weighted by Gasteiger charge is 1.99. The van der Waals surface area contributed by atoms with Crippen molar-refractivity contribution in [2.45, 2.75) is 6.42 Å². The lowest BCUT2D eigenvalue weighted by Gasteiger charge is -2.08. The zero-order chi connectivity index (χ0) is 13.2. The Hall–Kier alpha value is -1.46. The Kier molecular flexibility index (Phi) is 6.98. The van der Waals surface area contributed by atoms with Crippen LogP contribution in [0.15, 0.2) is 24.3 Å². The van der Waals surface area contributed by atoms with E-state index in [1.165, 1.54) is 0 Å². The minimum atomic E-state index is -0.266. The summed E-state index contributed by atoms with van der Waals surface area (Å²) in [5.74, 6) is 0.671. The van der Waals surface area contributed by atoms with Gasteiger partial charge in [0.1, 0.15) is 12.4 Å². The van der Waals surface area contributed by atoms with Crippen molar-refractivity contribution in [3.05, 3.63) is 29.3 Å². The van der Waals surface area contributed by atoms with E-state index < -0.39 is 0 Å². The second-order valence-corrected chi connectivity index (χ2v) is 4.00. The number of nitrogens with one attached hydrogen (secondary N) is 2. The zero-order valence-corrected chi connectivity index (χ0v) is 10.7. The quantitative estimate of drug-likeness (QED) is 0.657. The van der Waals surface area contributed by atoms with Gasteiger partial charge in [-0.1, -0.05) is 17.7 Å². The minimum absolute atomic E-state index is 0.0676. The van der Waals surface area contributed by atoms with Crippen LogP contribution in [0.3, 0.4) is 0 Å². The molecule has 3 N–H and O–H groups in total. The van der Waals surface area contributed by atoms with Gasteiger partial charge >= 0.3 is 6.03 Å². The second kappa shape index (κ2) is 8.60. The standard InChI is InChI=1S/C12H17ClN2O3/c13-10-3-1-4-11(9-10)18-8-6-15-12(17)14-5-2-7-16/h1,3-4,9,16H,2,5-8H2,(H2,14,15,17). The van der Waals surface area contributed by atoms with Crippen LogP contribution in [0, 0.1) is 0 Å². The zero-order valence-electron chi connectivity index (χ0n) is 9.99. The molecule has 0 aliphatic carbocycles. The Labute approximate surface area is 111 Å². The Morgan fingerprint density at radius 2 is 2.11 bits per heavy atom.